The molecule has 1 rings (SSSR count). The molecule has 0 saturated carbocycles. The highest BCUT2D eigenvalue weighted by atomic mass is 35.5. The number of nitrogens with one attached hydrogen (secondary N) is 1. The van der Waals surface area contributed by atoms with Crippen molar-refractivity contribution < 1.29 is 13.0 Å². The van der Waals surface area contributed by atoms with Gasteiger partial charge in [0.25, 0.3) is 10.1 Å². The molecule has 0 aliphatic carbocycles. The quantitative estimate of drug-likeness (QED) is 0.600. The molecule has 0 aliphatic heterocycles. The summed E-state index contributed by atoms with van der Waals surface area (Å²) in [6, 6.07) is 7.48. The number of benzene rings is 1. The van der Waals surface area contributed by atoms with Crippen LogP contribution in [0.15, 0.2) is 24.3 Å². The molecule has 0 amide bonds. The van der Waals surface area contributed by atoms with Gasteiger partial charge in [-0.05, 0) is 44.5 Å². The monoisotopic (exact) mass is 304 g/mol. The van der Waals surface area contributed by atoms with Crippen molar-refractivity contribution in [2.45, 2.75) is 25.8 Å². The number of rotatable bonds is 7. The van der Waals surface area contributed by atoms with Gasteiger partial charge in [-0.15, -0.1) is 0 Å². The smallest absolute Gasteiger partial charge is 0.264 e. The van der Waals surface area contributed by atoms with E-state index in [1.54, 1.807) is 0 Å². The summed E-state index contributed by atoms with van der Waals surface area (Å²) < 4.78 is 29.8. The minimum absolute atomic E-state index is 0.225. The fraction of sp³-hybridized carbons (Fsp3) is 0.462. The van der Waals surface area contributed by atoms with E-state index in [2.05, 4.69) is 5.32 Å². The van der Waals surface area contributed by atoms with Crippen molar-refractivity contribution in [2.24, 2.45) is 0 Å². The van der Waals surface area contributed by atoms with E-state index in [0.29, 0.717) is 18.0 Å². The second-order valence-corrected chi connectivity index (χ2v) is 6.99. The number of hydrogen-bond donors (Lipinski definition) is 2. The molecule has 107 valence electrons. The molecule has 0 spiro atoms. The fourth-order valence-corrected chi connectivity index (χ4v) is 2.33. The standard InChI is InChI=1S/C13H19ClNO3S/c1-13(2,15-8-3-9-19(16,17)18)10-11-4-6-12(14)7-5-11/h4-7,10,15H,3,8-9H2,1-2H3,(H,16,17,18). The van der Waals surface area contributed by atoms with Gasteiger partial charge in [-0.2, -0.15) is 8.42 Å². The summed E-state index contributed by atoms with van der Waals surface area (Å²) >= 11 is 5.82. The van der Waals surface area contributed by atoms with Crippen LogP contribution in [0.4, 0.5) is 0 Å². The van der Waals surface area contributed by atoms with Crippen molar-refractivity contribution in [3.63, 3.8) is 0 Å². The SMILES string of the molecule is CC(C)([CH]c1ccc(Cl)cc1)NCCCS(=O)(=O)O. The van der Waals surface area contributed by atoms with Crippen LogP contribution < -0.4 is 5.32 Å². The number of hydrogen-bond acceptors (Lipinski definition) is 3. The summed E-state index contributed by atoms with van der Waals surface area (Å²) in [5, 5.41) is 3.92. The van der Waals surface area contributed by atoms with Crippen LogP contribution in [0.3, 0.4) is 0 Å². The van der Waals surface area contributed by atoms with E-state index in [1.807, 2.05) is 44.5 Å². The molecular formula is C13H19ClNO3S. The lowest BCUT2D eigenvalue weighted by Crippen LogP contribution is -2.40. The van der Waals surface area contributed by atoms with Crippen molar-refractivity contribution in [3.05, 3.63) is 41.3 Å². The molecule has 0 fully saturated rings. The zero-order valence-corrected chi connectivity index (χ0v) is 12.6. The Kier molecular flexibility index (Phi) is 5.80. The Morgan fingerprint density at radius 3 is 2.42 bits per heavy atom. The van der Waals surface area contributed by atoms with Crippen LogP contribution in [0.2, 0.25) is 5.02 Å². The van der Waals surface area contributed by atoms with Crippen molar-refractivity contribution in [1.82, 2.24) is 5.32 Å². The van der Waals surface area contributed by atoms with Crippen LogP contribution in [0, 0.1) is 6.42 Å². The molecule has 19 heavy (non-hydrogen) atoms. The van der Waals surface area contributed by atoms with Gasteiger partial charge >= 0.3 is 0 Å². The highest BCUT2D eigenvalue weighted by Gasteiger charge is 2.18. The van der Waals surface area contributed by atoms with E-state index >= 15 is 0 Å². The first-order chi connectivity index (χ1) is 8.68. The molecule has 0 saturated heterocycles. The average molecular weight is 305 g/mol. The van der Waals surface area contributed by atoms with Gasteiger partial charge in [0.1, 0.15) is 0 Å². The molecular weight excluding hydrogens is 286 g/mol. The first-order valence-corrected chi connectivity index (χ1v) is 7.98. The summed E-state index contributed by atoms with van der Waals surface area (Å²) in [4.78, 5) is 0. The van der Waals surface area contributed by atoms with Crippen molar-refractivity contribution in [3.8, 4) is 0 Å². The molecule has 4 nitrogen and oxygen atoms in total. The summed E-state index contributed by atoms with van der Waals surface area (Å²) in [5.74, 6) is -0.225. The predicted molar refractivity (Wildman–Crippen MR) is 78.0 cm³/mol. The molecule has 6 heteroatoms. The lowest BCUT2D eigenvalue weighted by atomic mass is 9.95. The minimum Gasteiger partial charge on any atom is -0.311 e. The third-order valence-corrected chi connectivity index (χ3v) is 3.61. The Morgan fingerprint density at radius 1 is 1.32 bits per heavy atom. The Morgan fingerprint density at radius 2 is 1.89 bits per heavy atom. The van der Waals surface area contributed by atoms with Gasteiger partial charge in [0, 0.05) is 17.0 Å². The van der Waals surface area contributed by atoms with Crippen LogP contribution in [-0.4, -0.2) is 30.8 Å². The maximum Gasteiger partial charge on any atom is 0.264 e. The first-order valence-electron chi connectivity index (χ1n) is 6.00. The van der Waals surface area contributed by atoms with E-state index in [1.165, 1.54) is 0 Å². The van der Waals surface area contributed by atoms with Gasteiger partial charge < -0.3 is 5.32 Å². The van der Waals surface area contributed by atoms with Gasteiger partial charge in [0.15, 0.2) is 0 Å². The zero-order valence-electron chi connectivity index (χ0n) is 11.1. The van der Waals surface area contributed by atoms with E-state index < -0.39 is 10.1 Å². The lowest BCUT2D eigenvalue weighted by Gasteiger charge is -2.26. The Hall–Kier alpha value is -0.620. The Bertz CT molecular complexity index is 497. The van der Waals surface area contributed by atoms with Gasteiger partial charge in [-0.3, -0.25) is 4.55 Å². The van der Waals surface area contributed by atoms with Crippen LogP contribution in [-0.2, 0) is 10.1 Å². The highest BCUT2D eigenvalue weighted by Crippen LogP contribution is 2.17. The average Bonchev–Trinajstić information content (AvgIpc) is 2.26. The maximum absolute atomic E-state index is 10.6. The van der Waals surface area contributed by atoms with Crippen LogP contribution in [0.5, 0.6) is 0 Å². The van der Waals surface area contributed by atoms with Crippen LogP contribution in [0.25, 0.3) is 0 Å². The lowest BCUT2D eigenvalue weighted by molar-refractivity contribution is 0.443. The largest absolute Gasteiger partial charge is 0.311 e. The first kappa shape index (κ1) is 16.4. The maximum atomic E-state index is 10.6. The summed E-state index contributed by atoms with van der Waals surface area (Å²) in [5.41, 5.74) is 0.768. The Labute approximate surface area is 119 Å². The molecule has 1 radical (unpaired) electrons. The van der Waals surface area contributed by atoms with Crippen LogP contribution in [0.1, 0.15) is 25.8 Å². The summed E-state index contributed by atoms with van der Waals surface area (Å²) in [6.45, 7) is 4.50. The molecule has 2 N–H and O–H groups in total. The molecule has 0 unspecified atom stereocenters. The molecule has 0 bridgehead atoms. The topological polar surface area (TPSA) is 66.4 Å². The van der Waals surface area contributed by atoms with E-state index in [4.69, 9.17) is 16.2 Å². The third kappa shape index (κ3) is 7.52. The predicted octanol–water partition coefficient (Wildman–Crippen LogP) is 2.54. The van der Waals surface area contributed by atoms with Gasteiger partial charge in [0.2, 0.25) is 0 Å². The van der Waals surface area contributed by atoms with Gasteiger partial charge in [0.05, 0.1) is 5.75 Å². The second kappa shape index (κ2) is 6.70. The minimum atomic E-state index is -3.87. The third-order valence-electron chi connectivity index (χ3n) is 2.56. The van der Waals surface area contributed by atoms with E-state index in [9.17, 15) is 8.42 Å². The fourth-order valence-electron chi connectivity index (χ4n) is 1.69. The molecule has 0 aliphatic rings. The van der Waals surface area contributed by atoms with E-state index in [-0.39, 0.29) is 11.3 Å². The summed E-state index contributed by atoms with van der Waals surface area (Å²) in [6.07, 6.45) is 2.41. The van der Waals surface area contributed by atoms with Gasteiger partial charge in [-0.1, -0.05) is 23.7 Å². The number of halogens is 1. The molecule has 0 aromatic heterocycles. The van der Waals surface area contributed by atoms with E-state index in [0.717, 1.165) is 5.56 Å². The normalized spacial score (nSPS) is 12.6. The zero-order chi connectivity index (χ0) is 14.5. The van der Waals surface area contributed by atoms with Crippen LogP contribution >= 0.6 is 11.6 Å². The molecule has 1 aromatic rings. The van der Waals surface area contributed by atoms with Crippen molar-refractivity contribution >= 4 is 21.7 Å². The van der Waals surface area contributed by atoms with Gasteiger partial charge in [-0.25, -0.2) is 0 Å². The molecule has 1 aromatic carbocycles. The molecule has 0 atom stereocenters. The van der Waals surface area contributed by atoms with Crippen molar-refractivity contribution in [1.29, 1.82) is 0 Å². The van der Waals surface area contributed by atoms with Crippen molar-refractivity contribution in [2.75, 3.05) is 12.3 Å². The molecule has 0 heterocycles. The highest BCUT2D eigenvalue weighted by molar-refractivity contribution is 7.85. The second-order valence-electron chi connectivity index (χ2n) is 4.98. The summed E-state index contributed by atoms with van der Waals surface area (Å²) in [7, 11) is -3.87. The Balaban J connectivity index is 2.41.